The fourth-order valence-corrected chi connectivity index (χ4v) is 4.53. The summed E-state index contributed by atoms with van der Waals surface area (Å²) in [7, 11) is 0. The molecule has 3 rings (SSSR count). The Morgan fingerprint density at radius 2 is 1.67 bits per heavy atom. The molecule has 178 valence electrons. The van der Waals surface area contributed by atoms with Gasteiger partial charge in [0.2, 0.25) is 0 Å². The minimum Gasteiger partial charge on any atom is -0.494 e. The maximum Gasteiger partial charge on any atom is 0.260 e. The molecule has 1 aromatic heterocycles. The van der Waals surface area contributed by atoms with Crippen molar-refractivity contribution in [2.24, 2.45) is 0 Å². The van der Waals surface area contributed by atoms with E-state index in [9.17, 15) is 4.79 Å². The maximum absolute atomic E-state index is 13.6. The van der Waals surface area contributed by atoms with Crippen LogP contribution in [0.3, 0.4) is 0 Å². The summed E-state index contributed by atoms with van der Waals surface area (Å²) < 4.78 is 12.4. The van der Waals surface area contributed by atoms with Gasteiger partial charge in [0.1, 0.15) is 11.5 Å². The van der Waals surface area contributed by atoms with Crippen molar-refractivity contribution in [2.75, 3.05) is 44.3 Å². The van der Waals surface area contributed by atoms with E-state index in [1.165, 1.54) is 11.3 Å². The number of anilines is 1. The Balaban J connectivity index is 1.85. The molecular weight excluding hydrogens is 434 g/mol. The lowest BCUT2D eigenvalue weighted by molar-refractivity contribution is 0.0983. The third kappa shape index (κ3) is 6.68. The summed E-state index contributed by atoms with van der Waals surface area (Å²) in [6.07, 6.45) is 2.11. The lowest BCUT2D eigenvalue weighted by Gasteiger charge is -2.24. The minimum atomic E-state index is -0.0497. The van der Waals surface area contributed by atoms with Gasteiger partial charge in [0.25, 0.3) is 5.91 Å². The number of nitrogens with zero attached hydrogens (tertiary/aromatic N) is 3. The molecule has 0 atom stereocenters. The van der Waals surface area contributed by atoms with Gasteiger partial charge in [-0.3, -0.25) is 9.69 Å². The van der Waals surface area contributed by atoms with Gasteiger partial charge in [0, 0.05) is 18.7 Å². The molecule has 0 aliphatic carbocycles. The van der Waals surface area contributed by atoms with Crippen LogP contribution in [0.5, 0.6) is 11.5 Å². The summed E-state index contributed by atoms with van der Waals surface area (Å²) >= 11 is 1.52. The number of amides is 1. The molecule has 7 heteroatoms. The van der Waals surface area contributed by atoms with E-state index in [0.29, 0.717) is 30.5 Å². The van der Waals surface area contributed by atoms with Crippen molar-refractivity contribution >= 4 is 32.6 Å². The van der Waals surface area contributed by atoms with Crippen molar-refractivity contribution in [3.63, 3.8) is 0 Å². The van der Waals surface area contributed by atoms with Crippen molar-refractivity contribution in [1.82, 2.24) is 9.88 Å². The van der Waals surface area contributed by atoms with E-state index in [-0.39, 0.29) is 5.91 Å². The molecule has 1 amide bonds. The van der Waals surface area contributed by atoms with E-state index in [1.54, 1.807) is 4.90 Å². The number of ether oxygens (including phenoxy) is 2. The molecule has 0 aliphatic rings. The van der Waals surface area contributed by atoms with E-state index in [0.717, 1.165) is 54.2 Å². The van der Waals surface area contributed by atoms with E-state index >= 15 is 0 Å². The maximum atomic E-state index is 13.6. The van der Waals surface area contributed by atoms with Crippen LogP contribution in [0.4, 0.5) is 5.13 Å². The molecule has 6 nitrogen and oxygen atoms in total. The molecule has 0 saturated carbocycles. The first-order valence-corrected chi connectivity index (χ1v) is 12.7. The third-order valence-electron chi connectivity index (χ3n) is 5.54. The number of likely N-dealkylation sites (N-methyl/N-ethyl adjacent to an activating group) is 1. The van der Waals surface area contributed by atoms with Gasteiger partial charge in [-0.15, -0.1) is 0 Å². The van der Waals surface area contributed by atoms with E-state index < -0.39 is 0 Å². The van der Waals surface area contributed by atoms with Crippen LogP contribution in [-0.4, -0.2) is 55.2 Å². The van der Waals surface area contributed by atoms with Crippen LogP contribution in [0, 0.1) is 0 Å². The molecule has 0 saturated heterocycles. The zero-order chi connectivity index (χ0) is 23.6. The highest BCUT2D eigenvalue weighted by Gasteiger charge is 2.22. The Morgan fingerprint density at radius 3 is 2.33 bits per heavy atom. The highest BCUT2D eigenvalue weighted by molar-refractivity contribution is 7.22. The van der Waals surface area contributed by atoms with Crippen LogP contribution in [0.15, 0.2) is 42.5 Å². The number of hydrogen-bond donors (Lipinski definition) is 0. The van der Waals surface area contributed by atoms with Crippen molar-refractivity contribution in [2.45, 2.75) is 40.5 Å². The molecular formula is C26H35N3O3S. The van der Waals surface area contributed by atoms with Crippen molar-refractivity contribution in [3.8, 4) is 11.5 Å². The highest BCUT2D eigenvalue weighted by atomic mass is 32.1. The lowest BCUT2D eigenvalue weighted by Crippen LogP contribution is -2.38. The Labute approximate surface area is 201 Å². The topological polar surface area (TPSA) is 54.9 Å². The second-order valence-corrected chi connectivity index (χ2v) is 8.78. The predicted molar refractivity (Wildman–Crippen MR) is 137 cm³/mol. The molecule has 0 unspecified atom stereocenters. The number of aromatic nitrogens is 1. The fourth-order valence-electron chi connectivity index (χ4n) is 3.51. The standard InChI is InChI=1S/C26H35N3O3S/c1-5-9-18-32-21-12-10-20(11-13-21)25(30)29(17-16-28(6-2)7-3)26-27-23-15-14-22(31-8-4)19-24(23)33-26/h10-15,19H,5-9,16-18H2,1-4H3. The third-order valence-corrected chi connectivity index (χ3v) is 6.58. The number of unbranched alkanes of at least 4 members (excludes halogenated alkanes) is 1. The second-order valence-electron chi connectivity index (χ2n) is 7.77. The summed E-state index contributed by atoms with van der Waals surface area (Å²) in [5.74, 6) is 1.56. The first-order valence-electron chi connectivity index (χ1n) is 11.9. The highest BCUT2D eigenvalue weighted by Crippen LogP contribution is 2.32. The molecule has 3 aromatic rings. The smallest absolute Gasteiger partial charge is 0.260 e. The van der Waals surface area contributed by atoms with Gasteiger partial charge < -0.3 is 14.4 Å². The van der Waals surface area contributed by atoms with Crippen molar-refractivity contribution in [3.05, 3.63) is 48.0 Å². The second kappa shape index (κ2) is 12.6. The number of carbonyl (C=O) groups excluding carboxylic acids is 1. The summed E-state index contributed by atoms with van der Waals surface area (Å²) in [6, 6.07) is 13.3. The summed E-state index contributed by atoms with van der Waals surface area (Å²) in [6.45, 7) is 12.9. The number of benzene rings is 2. The first-order chi connectivity index (χ1) is 16.1. The molecule has 0 fully saturated rings. The number of hydrogen-bond acceptors (Lipinski definition) is 6. The molecule has 0 aliphatic heterocycles. The van der Waals surface area contributed by atoms with E-state index in [2.05, 4.69) is 25.7 Å². The Kier molecular flexibility index (Phi) is 9.51. The van der Waals surface area contributed by atoms with Gasteiger partial charge in [-0.1, -0.05) is 38.5 Å². The molecule has 2 aromatic carbocycles. The van der Waals surface area contributed by atoms with Gasteiger partial charge in [-0.25, -0.2) is 4.98 Å². The molecule has 0 bridgehead atoms. The first kappa shape index (κ1) is 25.0. The van der Waals surface area contributed by atoms with E-state index in [1.807, 2.05) is 49.4 Å². The van der Waals surface area contributed by atoms with Crippen LogP contribution in [0.1, 0.15) is 50.9 Å². The Morgan fingerprint density at radius 1 is 0.939 bits per heavy atom. The van der Waals surface area contributed by atoms with Gasteiger partial charge in [-0.2, -0.15) is 0 Å². The largest absolute Gasteiger partial charge is 0.494 e. The quantitative estimate of drug-likeness (QED) is 0.293. The summed E-state index contributed by atoms with van der Waals surface area (Å²) in [5.41, 5.74) is 1.51. The summed E-state index contributed by atoms with van der Waals surface area (Å²) in [4.78, 5) is 22.5. The minimum absolute atomic E-state index is 0.0497. The van der Waals surface area contributed by atoms with Crippen LogP contribution in [0.25, 0.3) is 10.2 Å². The Bertz CT molecular complexity index is 1020. The van der Waals surface area contributed by atoms with Gasteiger partial charge >= 0.3 is 0 Å². The van der Waals surface area contributed by atoms with E-state index in [4.69, 9.17) is 14.5 Å². The summed E-state index contributed by atoms with van der Waals surface area (Å²) in [5, 5.41) is 0.707. The molecule has 0 radical (unpaired) electrons. The van der Waals surface area contributed by atoms with Gasteiger partial charge in [0.15, 0.2) is 5.13 Å². The predicted octanol–water partition coefficient (Wildman–Crippen LogP) is 5.86. The lowest BCUT2D eigenvalue weighted by atomic mass is 10.2. The average molecular weight is 470 g/mol. The van der Waals surface area contributed by atoms with Crippen LogP contribution in [-0.2, 0) is 0 Å². The van der Waals surface area contributed by atoms with Gasteiger partial charge in [-0.05, 0) is 68.9 Å². The van der Waals surface area contributed by atoms with Crippen molar-refractivity contribution in [1.29, 1.82) is 0 Å². The van der Waals surface area contributed by atoms with Crippen LogP contribution >= 0.6 is 11.3 Å². The number of thiazole rings is 1. The SMILES string of the molecule is CCCCOc1ccc(C(=O)N(CCN(CC)CC)c2nc3ccc(OCC)cc3s2)cc1. The number of carbonyl (C=O) groups is 1. The molecule has 33 heavy (non-hydrogen) atoms. The van der Waals surface area contributed by atoms with Crippen molar-refractivity contribution < 1.29 is 14.3 Å². The molecule has 0 N–H and O–H groups in total. The number of rotatable bonds is 13. The van der Waals surface area contributed by atoms with Gasteiger partial charge in [0.05, 0.1) is 23.4 Å². The molecule has 1 heterocycles. The fraction of sp³-hybridized carbons (Fsp3) is 0.462. The number of fused-ring (bicyclic) bond motifs is 1. The monoisotopic (exact) mass is 469 g/mol. The van der Waals surface area contributed by atoms with Crippen LogP contribution in [0.2, 0.25) is 0 Å². The average Bonchev–Trinajstić information content (AvgIpc) is 3.25. The van der Waals surface area contributed by atoms with Crippen LogP contribution < -0.4 is 14.4 Å². The molecule has 0 spiro atoms. The normalized spacial score (nSPS) is 11.2. The zero-order valence-electron chi connectivity index (χ0n) is 20.2. The zero-order valence-corrected chi connectivity index (χ0v) is 21.0. The Hall–Kier alpha value is -2.64.